The lowest BCUT2D eigenvalue weighted by atomic mass is 9.93. The molecule has 112 valence electrons. The van der Waals surface area contributed by atoms with Gasteiger partial charge in [0.15, 0.2) is 26.4 Å². The van der Waals surface area contributed by atoms with Gasteiger partial charge >= 0.3 is 0 Å². The maximum atomic E-state index is 12.0. The van der Waals surface area contributed by atoms with Crippen molar-refractivity contribution in [3.8, 4) is 5.82 Å². The second-order valence-corrected chi connectivity index (χ2v) is 7.05. The first-order valence-electron chi connectivity index (χ1n) is 6.60. The standard InChI is InChI=1S/C12H16N6O2S/c1-21(19,20)10-11(13)18(9-6-3-7-14-16-9)17-12(10)15-8-4-2-5-8/h3,6-8H,2,4-5,13H2,1H3,(H,15,17). The van der Waals surface area contributed by atoms with Crippen LogP contribution in [0.4, 0.5) is 11.6 Å². The molecule has 21 heavy (non-hydrogen) atoms. The Morgan fingerprint density at radius 2 is 2.19 bits per heavy atom. The van der Waals surface area contributed by atoms with Gasteiger partial charge in [0, 0.05) is 18.5 Å². The molecule has 0 unspecified atom stereocenters. The average Bonchev–Trinajstić information content (AvgIpc) is 2.72. The average molecular weight is 308 g/mol. The maximum Gasteiger partial charge on any atom is 0.182 e. The van der Waals surface area contributed by atoms with E-state index >= 15 is 0 Å². The lowest BCUT2D eigenvalue weighted by Crippen LogP contribution is -2.28. The minimum Gasteiger partial charge on any atom is -0.382 e. The number of hydrogen-bond donors (Lipinski definition) is 2. The largest absolute Gasteiger partial charge is 0.382 e. The van der Waals surface area contributed by atoms with Crippen molar-refractivity contribution < 1.29 is 8.42 Å². The zero-order valence-corrected chi connectivity index (χ0v) is 12.3. The van der Waals surface area contributed by atoms with Crippen LogP contribution >= 0.6 is 0 Å². The molecule has 2 aromatic heterocycles. The fraction of sp³-hybridized carbons (Fsp3) is 0.417. The Morgan fingerprint density at radius 1 is 1.43 bits per heavy atom. The van der Waals surface area contributed by atoms with E-state index < -0.39 is 9.84 Å². The third-order valence-electron chi connectivity index (χ3n) is 3.47. The van der Waals surface area contributed by atoms with Crippen LogP contribution in [0.25, 0.3) is 5.82 Å². The van der Waals surface area contributed by atoms with E-state index in [2.05, 4.69) is 20.6 Å². The van der Waals surface area contributed by atoms with E-state index in [0.717, 1.165) is 25.5 Å². The van der Waals surface area contributed by atoms with Crippen LogP contribution in [0.2, 0.25) is 0 Å². The van der Waals surface area contributed by atoms with E-state index in [1.54, 1.807) is 12.1 Å². The summed E-state index contributed by atoms with van der Waals surface area (Å²) in [5, 5.41) is 15.1. The van der Waals surface area contributed by atoms with Crippen LogP contribution in [0.3, 0.4) is 0 Å². The summed E-state index contributed by atoms with van der Waals surface area (Å²) in [6, 6.07) is 3.59. The normalized spacial score (nSPS) is 15.7. The van der Waals surface area contributed by atoms with Gasteiger partial charge in [0.2, 0.25) is 0 Å². The third kappa shape index (κ3) is 2.56. The molecule has 2 heterocycles. The van der Waals surface area contributed by atoms with Gasteiger partial charge in [-0.1, -0.05) is 0 Å². The fourth-order valence-electron chi connectivity index (χ4n) is 2.20. The topological polar surface area (TPSA) is 116 Å². The summed E-state index contributed by atoms with van der Waals surface area (Å²) in [5.74, 6) is 0.701. The number of anilines is 2. The number of nitrogens with two attached hydrogens (primary N) is 1. The van der Waals surface area contributed by atoms with Crippen LogP contribution < -0.4 is 11.1 Å². The number of nitrogens with zero attached hydrogens (tertiary/aromatic N) is 4. The number of sulfone groups is 1. The van der Waals surface area contributed by atoms with Crippen molar-refractivity contribution in [2.45, 2.75) is 30.2 Å². The molecular formula is C12H16N6O2S. The smallest absolute Gasteiger partial charge is 0.182 e. The Labute approximate surface area is 122 Å². The van der Waals surface area contributed by atoms with Gasteiger partial charge in [0.05, 0.1) is 0 Å². The highest BCUT2D eigenvalue weighted by Crippen LogP contribution is 2.32. The summed E-state index contributed by atoms with van der Waals surface area (Å²) in [6.45, 7) is 0. The van der Waals surface area contributed by atoms with Crippen molar-refractivity contribution in [1.82, 2.24) is 20.0 Å². The molecule has 0 spiro atoms. The number of rotatable bonds is 4. The van der Waals surface area contributed by atoms with Gasteiger partial charge in [0.25, 0.3) is 0 Å². The summed E-state index contributed by atoms with van der Waals surface area (Å²) < 4.78 is 25.3. The van der Waals surface area contributed by atoms with Crippen LogP contribution in [0.15, 0.2) is 23.2 Å². The van der Waals surface area contributed by atoms with Gasteiger partial charge < -0.3 is 11.1 Å². The highest BCUT2D eigenvalue weighted by Gasteiger charge is 2.28. The molecule has 3 rings (SSSR count). The van der Waals surface area contributed by atoms with E-state index in [4.69, 9.17) is 5.73 Å². The van der Waals surface area contributed by atoms with Gasteiger partial charge in [-0.3, -0.25) is 0 Å². The SMILES string of the molecule is CS(=O)(=O)c1c(NC2CCC2)nn(-c2cccnn2)c1N. The zero-order chi connectivity index (χ0) is 15.0. The summed E-state index contributed by atoms with van der Waals surface area (Å²) in [6.07, 6.45) is 5.77. The first-order valence-corrected chi connectivity index (χ1v) is 8.49. The van der Waals surface area contributed by atoms with E-state index in [-0.39, 0.29) is 22.6 Å². The van der Waals surface area contributed by atoms with Crippen LogP contribution in [0.1, 0.15) is 19.3 Å². The van der Waals surface area contributed by atoms with Crippen molar-refractivity contribution in [2.24, 2.45) is 0 Å². The van der Waals surface area contributed by atoms with E-state index in [1.807, 2.05) is 0 Å². The third-order valence-corrected chi connectivity index (χ3v) is 4.61. The number of nitrogen functional groups attached to an aromatic ring is 1. The van der Waals surface area contributed by atoms with Crippen molar-refractivity contribution in [2.75, 3.05) is 17.3 Å². The lowest BCUT2D eigenvalue weighted by Gasteiger charge is -2.26. The molecule has 0 atom stereocenters. The summed E-state index contributed by atoms with van der Waals surface area (Å²) in [7, 11) is -3.50. The van der Waals surface area contributed by atoms with E-state index in [0.29, 0.717) is 5.82 Å². The quantitative estimate of drug-likeness (QED) is 0.850. The second kappa shape index (κ2) is 4.99. The van der Waals surface area contributed by atoms with Crippen molar-refractivity contribution in [3.63, 3.8) is 0 Å². The molecule has 0 bridgehead atoms. The fourth-order valence-corrected chi connectivity index (χ4v) is 3.12. The molecule has 1 aliphatic carbocycles. The molecule has 0 saturated heterocycles. The van der Waals surface area contributed by atoms with Gasteiger partial charge in [-0.05, 0) is 31.4 Å². The molecule has 1 aliphatic rings. The van der Waals surface area contributed by atoms with Gasteiger partial charge in [-0.15, -0.1) is 10.2 Å². The number of nitrogens with one attached hydrogen (secondary N) is 1. The minimum absolute atomic E-state index is 0.0139. The second-order valence-electron chi connectivity index (χ2n) is 5.10. The zero-order valence-electron chi connectivity index (χ0n) is 11.5. The summed E-state index contributed by atoms with van der Waals surface area (Å²) in [5.41, 5.74) is 5.97. The van der Waals surface area contributed by atoms with Gasteiger partial charge in [-0.25, -0.2) is 8.42 Å². The Morgan fingerprint density at radius 3 is 2.71 bits per heavy atom. The molecule has 0 aliphatic heterocycles. The molecule has 1 saturated carbocycles. The first kappa shape index (κ1) is 13.8. The van der Waals surface area contributed by atoms with Crippen LogP contribution in [0, 0.1) is 0 Å². The Hall–Kier alpha value is -2.16. The van der Waals surface area contributed by atoms with E-state index in [9.17, 15) is 8.42 Å². The predicted molar refractivity (Wildman–Crippen MR) is 77.9 cm³/mol. The van der Waals surface area contributed by atoms with Crippen molar-refractivity contribution >= 4 is 21.5 Å². The molecule has 1 fully saturated rings. The minimum atomic E-state index is -3.50. The molecule has 0 aromatic carbocycles. The lowest BCUT2D eigenvalue weighted by molar-refractivity contribution is 0.443. The number of hydrogen-bond acceptors (Lipinski definition) is 7. The van der Waals surface area contributed by atoms with Crippen molar-refractivity contribution in [1.29, 1.82) is 0 Å². The molecule has 0 amide bonds. The molecule has 0 radical (unpaired) electrons. The molecule has 8 nitrogen and oxygen atoms in total. The molecule has 3 N–H and O–H groups in total. The van der Waals surface area contributed by atoms with E-state index in [1.165, 1.54) is 10.9 Å². The summed E-state index contributed by atoms with van der Waals surface area (Å²) in [4.78, 5) is 0.0139. The van der Waals surface area contributed by atoms with Crippen LogP contribution in [0.5, 0.6) is 0 Å². The highest BCUT2D eigenvalue weighted by molar-refractivity contribution is 7.91. The number of aromatic nitrogens is 4. The monoisotopic (exact) mass is 308 g/mol. The van der Waals surface area contributed by atoms with Crippen LogP contribution in [-0.4, -0.2) is 40.7 Å². The predicted octanol–water partition coefficient (Wildman–Crippen LogP) is 0.612. The highest BCUT2D eigenvalue weighted by atomic mass is 32.2. The van der Waals surface area contributed by atoms with Gasteiger partial charge in [0.1, 0.15) is 5.82 Å². The molecular weight excluding hydrogens is 292 g/mol. The van der Waals surface area contributed by atoms with Crippen molar-refractivity contribution in [3.05, 3.63) is 18.3 Å². The molecule has 9 heteroatoms. The maximum absolute atomic E-state index is 12.0. The summed E-state index contributed by atoms with van der Waals surface area (Å²) >= 11 is 0. The Kier molecular flexibility index (Phi) is 3.28. The molecule has 2 aromatic rings. The Bertz CT molecular complexity index is 752. The Balaban J connectivity index is 2.10. The first-order chi connectivity index (χ1) is 9.97. The van der Waals surface area contributed by atoms with Gasteiger partial charge in [-0.2, -0.15) is 9.78 Å². The van der Waals surface area contributed by atoms with Crippen LogP contribution in [-0.2, 0) is 9.84 Å².